The van der Waals surface area contributed by atoms with E-state index in [0.29, 0.717) is 5.54 Å². The molecule has 2 aromatic rings. The summed E-state index contributed by atoms with van der Waals surface area (Å²) in [4.78, 5) is 7.48. The van der Waals surface area contributed by atoms with Gasteiger partial charge in [-0.25, -0.2) is 4.98 Å². The number of aromatic nitrogens is 2. The lowest BCUT2D eigenvalue weighted by molar-refractivity contribution is -0.0206. The number of imidazole rings is 1. The average molecular weight is 307 g/mol. The molecule has 4 bridgehead atoms. The zero-order valence-corrected chi connectivity index (χ0v) is 13.6. The van der Waals surface area contributed by atoms with Crippen molar-refractivity contribution in [1.29, 1.82) is 0 Å². The highest BCUT2D eigenvalue weighted by Gasteiger charge is 2.50. The maximum absolute atomic E-state index is 4.32. The Kier molecular flexibility index (Phi) is 3.12. The molecule has 0 radical (unpaired) electrons. The summed E-state index contributed by atoms with van der Waals surface area (Å²) >= 11 is 0. The Balaban J connectivity index is 1.28. The third-order valence-electron chi connectivity index (χ3n) is 6.43. The minimum Gasteiger partial charge on any atom is -0.345 e. The topological polar surface area (TPSA) is 40.7 Å². The summed E-state index contributed by atoms with van der Waals surface area (Å²) in [5, 5.41) is 3.97. The van der Waals surface area contributed by atoms with E-state index in [0.717, 1.165) is 35.7 Å². The maximum Gasteiger partial charge on any atom is 0.137 e. The Morgan fingerprint density at radius 3 is 2.22 bits per heavy atom. The minimum absolute atomic E-state index is 0.453. The van der Waals surface area contributed by atoms with Gasteiger partial charge in [-0.15, -0.1) is 0 Å². The molecule has 0 atom stereocenters. The molecule has 1 aromatic heterocycles. The fourth-order valence-electron chi connectivity index (χ4n) is 5.82. The second kappa shape index (κ2) is 5.20. The molecule has 0 amide bonds. The van der Waals surface area contributed by atoms with Gasteiger partial charge in [-0.3, -0.25) is 0 Å². The highest BCUT2D eigenvalue weighted by atomic mass is 15.0. The predicted molar refractivity (Wildman–Crippen MR) is 91.8 cm³/mol. The largest absolute Gasteiger partial charge is 0.345 e. The van der Waals surface area contributed by atoms with Crippen LogP contribution in [-0.2, 0) is 6.54 Å². The van der Waals surface area contributed by atoms with Gasteiger partial charge in [0.1, 0.15) is 5.82 Å². The van der Waals surface area contributed by atoms with Crippen molar-refractivity contribution in [3.8, 4) is 11.4 Å². The van der Waals surface area contributed by atoms with E-state index in [1.165, 1.54) is 44.1 Å². The van der Waals surface area contributed by atoms with Gasteiger partial charge in [0.15, 0.2) is 0 Å². The summed E-state index contributed by atoms with van der Waals surface area (Å²) in [6.07, 6.45) is 12.5. The second-order valence-corrected chi connectivity index (χ2v) is 8.19. The van der Waals surface area contributed by atoms with Gasteiger partial charge in [0, 0.05) is 30.0 Å². The van der Waals surface area contributed by atoms with Gasteiger partial charge in [0.25, 0.3) is 0 Å². The summed E-state index contributed by atoms with van der Waals surface area (Å²) in [5.74, 6) is 3.98. The Bertz CT molecular complexity index is 636. The van der Waals surface area contributed by atoms with Gasteiger partial charge >= 0.3 is 0 Å². The van der Waals surface area contributed by atoms with Crippen molar-refractivity contribution in [3.63, 3.8) is 0 Å². The van der Waals surface area contributed by atoms with Crippen LogP contribution in [0.4, 0.5) is 0 Å². The normalized spacial score (nSPS) is 34.9. The van der Waals surface area contributed by atoms with Gasteiger partial charge < -0.3 is 10.3 Å². The van der Waals surface area contributed by atoms with Crippen LogP contribution >= 0.6 is 0 Å². The van der Waals surface area contributed by atoms with E-state index in [2.05, 4.69) is 39.6 Å². The van der Waals surface area contributed by atoms with Crippen LogP contribution in [0.3, 0.4) is 0 Å². The van der Waals surface area contributed by atoms with E-state index >= 15 is 0 Å². The summed E-state index contributed by atoms with van der Waals surface area (Å²) in [6, 6.07) is 8.84. The third kappa shape index (κ3) is 2.51. The molecule has 1 aromatic carbocycles. The van der Waals surface area contributed by atoms with Crippen molar-refractivity contribution in [1.82, 2.24) is 15.3 Å². The van der Waals surface area contributed by atoms with E-state index < -0.39 is 0 Å². The highest BCUT2D eigenvalue weighted by molar-refractivity contribution is 5.55. The number of nitrogens with one attached hydrogen (secondary N) is 2. The van der Waals surface area contributed by atoms with Crippen LogP contribution in [0.15, 0.2) is 36.7 Å². The average Bonchev–Trinajstić information content (AvgIpc) is 3.07. The van der Waals surface area contributed by atoms with E-state index in [9.17, 15) is 0 Å². The molecule has 0 saturated heterocycles. The molecule has 3 heteroatoms. The van der Waals surface area contributed by atoms with Crippen LogP contribution in [0.25, 0.3) is 11.4 Å². The molecule has 4 saturated carbocycles. The Labute approximate surface area is 137 Å². The van der Waals surface area contributed by atoms with Gasteiger partial charge in [-0.1, -0.05) is 24.3 Å². The summed E-state index contributed by atoms with van der Waals surface area (Å²) in [5.41, 5.74) is 3.00. The van der Waals surface area contributed by atoms with Gasteiger partial charge in [0.2, 0.25) is 0 Å². The monoisotopic (exact) mass is 307 g/mol. The molecule has 1 heterocycles. The molecule has 120 valence electrons. The zero-order chi connectivity index (χ0) is 15.3. The van der Waals surface area contributed by atoms with Crippen molar-refractivity contribution >= 4 is 0 Å². The number of hydrogen-bond donors (Lipinski definition) is 2. The first-order valence-corrected chi connectivity index (χ1v) is 9.12. The van der Waals surface area contributed by atoms with E-state index in [4.69, 9.17) is 0 Å². The first-order chi connectivity index (χ1) is 11.3. The van der Waals surface area contributed by atoms with Gasteiger partial charge in [-0.2, -0.15) is 0 Å². The maximum atomic E-state index is 4.32. The van der Waals surface area contributed by atoms with Crippen molar-refractivity contribution in [2.75, 3.05) is 0 Å². The molecule has 4 aliphatic rings. The van der Waals surface area contributed by atoms with Crippen LogP contribution in [0.5, 0.6) is 0 Å². The fourth-order valence-corrected chi connectivity index (χ4v) is 5.82. The number of aromatic amines is 1. The lowest BCUT2D eigenvalue weighted by Gasteiger charge is -2.57. The van der Waals surface area contributed by atoms with E-state index in [-0.39, 0.29) is 0 Å². The molecule has 3 nitrogen and oxygen atoms in total. The van der Waals surface area contributed by atoms with Crippen molar-refractivity contribution in [3.05, 3.63) is 42.2 Å². The second-order valence-electron chi connectivity index (χ2n) is 8.19. The fraction of sp³-hybridized carbons (Fsp3) is 0.550. The molecule has 23 heavy (non-hydrogen) atoms. The summed E-state index contributed by atoms with van der Waals surface area (Å²) < 4.78 is 0. The number of nitrogens with zero attached hydrogens (tertiary/aromatic N) is 1. The molecule has 0 unspecified atom stereocenters. The first-order valence-electron chi connectivity index (χ1n) is 9.12. The molecule has 4 fully saturated rings. The number of H-pyrrole nitrogens is 1. The minimum atomic E-state index is 0.453. The number of rotatable bonds is 4. The van der Waals surface area contributed by atoms with Crippen LogP contribution in [0.1, 0.15) is 44.1 Å². The van der Waals surface area contributed by atoms with Crippen LogP contribution in [0, 0.1) is 17.8 Å². The van der Waals surface area contributed by atoms with E-state index in [1.807, 2.05) is 6.20 Å². The molecule has 4 aliphatic carbocycles. The lowest BCUT2D eigenvalue weighted by Crippen LogP contribution is -2.58. The van der Waals surface area contributed by atoms with Crippen molar-refractivity contribution < 1.29 is 0 Å². The first kappa shape index (κ1) is 13.8. The molecule has 0 aliphatic heterocycles. The predicted octanol–water partition coefficient (Wildman–Crippen LogP) is 4.14. The molecule has 2 N–H and O–H groups in total. The highest BCUT2D eigenvalue weighted by Crippen LogP contribution is 2.55. The van der Waals surface area contributed by atoms with Gasteiger partial charge in [-0.05, 0) is 61.8 Å². The Hall–Kier alpha value is -1.61. The summed E-state index contributed by atoms with van der Waals surface area (Å²) in [6.45, 7) is 1.00. The SMILES string of the molecule is c1c[nH]c(-c2ccc(CNC34CC5CC(CC(C5)C3)C4)cc2)n1. The molecular weight excluding hydrogens is 282 g/mol. The third-order valence-corrected chi connectivity index (χ3v) is 6.43. The van der Waals surface area contributed by atoms with Crippen LogP contribution < -0.4 is 5.32 Å². The zero-order valence-electron chi connectivity index (χ0n) is 13.6. The van der Waals surface area contributed by atoms with Gasteiger partial charge in [0.05, 0.1) is 0 Å². The van der Waals surface area contributed by atoms with Crippen LogP contribution in [0.2, 0.25) is 0 Å². The van der Waals surface area contributed by atoms with Crippen molar-refractivity contribution in [2.24, 2.45) is 17.8 Å². The quantitative estimate of drug-likeness (QED) is 0.891. The van der Waals surface area contributed by atoms with Crippen molar-refractivity contribution in [2.45, 2.75) is 50.6 Å². The smallest absolute Gasteiger partial charge is 0.137 e. The van der Waals surface area contributed by atoms with E-state index in [1.54, 1.807) is 6.20 Å². The molecule has 6 rings (SSSR count). The lowest BCUT2D eigenvalue weighted by atomic mass is 9.53. The molecule has 0 spiro atoms. The number of hydrogen-bond acceptors (Lipinski definition) is 2. The standard InChI is InChI=1S/C20H25N3/c1-3-18(19-21-5-6-22-19)4-2-14(1)13-23-20-10-15-7-16(11-20)9-17(8-15)12-20/h1-6,15-17,23H,7-13H2,(H,21,22). The van der Waals surface area contributed by atoms with Crippen LogP contribution in [-0.4, -0.2) is 15.5 Å². The Morgan fingerprint density at radius 1 is 1.00 bits per heavy atom. The summed E-state index contributed by atoms with van der Waals surface area (Å²) in [7, 11) is 0. The Morgan fingerprint density at radius 2 is 1.65 bits per heavy atom. The molecular formula is C20H25N3. The number of benzene rings is 1.